The molecule has 178 valence electrons. The van der Waals surface area contributed by atoms with Crippen molar-refractivity contribution < 1.29 is 27.5 Å². The zero-order valence-electron chi connectivity index (χ0n) is 18.1. The molecule has 0 saturated heterocycles. The second-order valence-electron chi connectivity index (χ2n) is 7.07. The average Bonchev–Trinajstić information content (AvgIpc) is 2.80. The van der Waals surface area contributed by atoms with Gasteiger partial charge in [-0.3, -0.25) is 14.6 Å². The minimum atomic E-state index is -4.66. The monoisotopic (exact) mass is 475 g/mol. The molecule has 3 aromatic rings. The third kappa shape index (κ3) is 6.12. The molecule has 12 heteroatoms. The van der Waals surface area contributed by atoms with Gasteiger partial charge in [0.05, 0.1) is 5.56 Å². The summed E-state index contributed by atoms with van der Waals surface area (Å²) in [5, 5.41) is 7.09. The van der Waals surface area contributed by atoms with Crippen molar-refractivity contribution in [2.75, 3.05) is 12.4 Å². The molecule has 2 aromatic heterocycles. The lowest BCUT2D eigenvalue weighted by molar-refractivity contribution is -0.138. The highest BCUT2D eigenvalue weighted by Crippen LogP contribution is 2.29. The first kappa shape index (κ1) is 24.3. The molecule has 0 unspecified atom stereocenters. The molecular formula is C22H20F3N5O4. The lowest BCUT2D eigenvalue weighted by atomic mass is 10.2. The quantitative estimate of drug-likeness (QED) is 0.506. The number of pyridine rings is 2. The topological polar surface area (TPSA) is 114 Å². The molecule has 9 nitrogen and oxygen atoms in total. The smallest absolute Gasteiger partial charge is 0.417 e. The van der Waals surface area contributed by atoms with E-state index in [1.807, 2.05) is 0 Å². The van der Waals surface area contributed by atoms with Crippen molar-refractivity contribution in [1.29, 1.82) is 0 Å². The standard InChI is InChI=1S/C22H20F3N5O4/c1-26-19(31)17-10-16(7-8-27-17)34-15-5-3-13(4-6-15)11-28-21(33)29-18-9-14(22(23,24)25)12-30(2)20(18)32/h3-10,12H,11H2,1-2H3,(H,26,31)(H2,28,29,33). The van der Waals surface area contributed by atoms with Crippen LogP contribution in [-0.4, -0.2) is 28.5 Å². The van der Waals surface area contributed by atoms with Gasteiger partial charge < -0.3 is 25.3 Å². The second kappa shape index (κ2) is 10.1. The van der Waals surface area contributed by atoms with Gasteiger partial charge in [-0.05, 0) is 29.8 Å². The Labute approximate surface area is 191 Å². The Balaban J connectivity index is 1.60. The second-order valence-corrected chi connectivity index (χ2v) is 7.07. The maximum Gasteiger partial charge on any atom is 0.417 e. The molecule has 0 aliphatic heterocycles. The summed E-state index contributed by atoms with van der Waals surface area (Å²) in [6.45, 7) is 0.0431. The molecule has 0 fully saturated rings. The third-order valence-corrected chi connectivity index (χ3v) is 4.56. The fourth-order valence-corrected chi connectivity index (χ4v) is 2.84. The average molecular weight is 475 g/mol. The number of nitrogens with one attached hydrogen (secondary N) is 3. The van der Waals surface area contributed by atoms with Crippen LogP contribution < -0.4 is 26.2 Å². The minimum absolute atomic E-state index is 0.0431. The van der Waals surface area contributed by atoms with Crippen LogP contribution in [0, 0.1) is 0 Å². The van der Waals surface area contributed by atoms with Gasteiger partial charge in [-0.2, -0.15) is 13.2 Å². The van der Waals surface area contributed by atoms with Gasteiger partial charge in [-0.25, -0.2) is 4.79 Å². The van der Waals surface area contributed by atoms with Gasteiger partial charge >= 0.3 is 12.2 Å². The van der Waals surface area contributed by atoms with Gasteiger partial charge in [0.2, 0.25) is 0 Å². The highest BCUT2D eigenvalue weighted by atomic mass is 19.4. The van der Waals surface area contributed by atoms with Crippen molar-refractivity contribution >= 4 is 17.6 Å². The van der Waals surface area contributed by atoms with Gasteiger partial charge in [-0.15, -0.1) is 0 Å². The first-order chi connectivity index (χ1) is 16.1. The summed E-state index contributed by atoms with van der Waals surface area (Å²) >= 11 is 0. The van der Waals surface area contributed by atoms with E-state index in [-0.39, 0.29) is 18.1 Å². The number of benzene rings is 1. The van der Waals surface area contributed by atoms with Crippen LogP contribution in [-0.2, 0) is 19.8 Å². The van der Waals surface area contributed by atoms with Crippen LogP contribution in [0.1, 0.15) is 21.6 Å². The number of anilines is 1. The number of ether oxygens (including phenoxy) is 1. The number of urea groups is 1. The Morgan fingerprint density at radius 1 is 1.09 bits per heavy atom. The van der Waals surface area contributed by atoms with E-state index < -0.39 is 29.0 Å². The van der Waals surface area contributed by atoms with Gasteiger partial charge in [0.25, 0.3) is 11.5 Å². The number of hydrogen-bond donors (Lipinski definition) is 3. The van der Waals surface area contributed by atoms with Gasteiger partial charge in [-0.1, -0.05) is 12.1 Å². The third-order valence-electron chi connectivity index (χ3n) is 4.56. The molecule has 3 amide bonds. The maximum atomic E-state index is 13.0. The fourth-order valence-electron chi connectivity index (χ4n) is 2.84. The molecule has 3 N–H and O–H groups in total. The van der Waals surface area contributed by atoms with Crippen molar-refractivity contribution in [2.24, 2.45) is 7.05 Å². The van der Waals surface area contributed by atoms with E-state index in [9.17, 15) is 27.6 Å². The summed E-state index contributed by atoms with van der Waals surface area (Å²) in [5.41, 5.74) is -1.47. The molecular weight excluding hydrogens is 455 g/mol. The van der Waals surface area contributed by atoms with E-state index in [2.05, 4.69) is 20.9 Å². The predicted octanol–water partition coefficient (Wildman–Crippen LogP) is 3.27. The summed E-state index contributed by atoms with van der Waals surface area (Å²) in [6, 6.07) is 9.42. The molecule has 34 heavy (non-hydrogen) atoms. The van der Waals surface area contributed by atoms with Crippen LogP contribution in [0.25, 0.3) is 0 Å². The van der Waals surface area contributed by atoms with Crippen molar-refractivity contribution in [3.63, 3.8) is 0 Å². The SMILES string of the molecule is CNC(=O)c1cc(Oc2ccc(CNC(=O)Nc3cc(C(F)(F)F)cn(C)c3=O)cc2)ccn1. The number of carbonyl (C=O) groups is 2. The molecule has 0 aliphatic carbocycles. The van der Waals surface area contributed by atoms with Crippen LogP contribution in [0.15, 0.2) is 59.7 Å². The Kier molecular flexibility index (Phi) is 7.19. The fraction of sp³-hybridized carbons (Fsp3) is 0.182. The van der Waals surface area contributed by atoms with E-state index in [4.69, 9.17) is 4.74 Å². The van der Waals surface area contributed by atoms with Crippen molar-refractivity contribution in [3.8, 4) is 11.5 Å². The number of hydrogen-bond acceptors (Lipinski definition) is 5. The van der Waals surface area contributed by atoms with Crippen molar-refractivity contribution in [3.05, 3.63) is 82.0 Å². The summed E-state index contributed by atoms with van der Waals surface area (Å²) in [6.07, 6.45) is -2.57. The van der Waals surface area contributed by atoms with Crippen LogP contribution in [0.3, 0.4) is 0 Å². The zero-order chi connectivity index (χ0) is 24.9. The summed E-state index contributed by atoms with van der Waals surface area (Å²) in [5.74, 6) is 0.518. The Morgan fingerprint density at radius 2 is 1.79 bits per heavy atom. The number of halogens is 3. The van der Waals surface area contributed by atoms with E-state index in [1.165, 1.54) is 19.3 Å². The first-order valence-electron chi connectivity index (χ1n) is 9.84. The molecule has 0 radical (unpaired) electrons. The highest BCUT2D eigenvalue weighted by Gasteiger charge is 2.32. The van der Waals surface area contributed by atoms with Gasteiger partial charge in [0.15, 0.2) is 0 Å². The minimum Gasteiger partial charge on any atom is -0.457 e. The number of alkyl halides is 3. The van der Waals surface area contributed by atoms with E-state index >= 15 is 0 Å². The van der Waals surface area contributed by atoms with Crippen LogP contribution >= 0.6 is 0 Å². The lowest BCUT2D eigenvalue weighted by Crippen LogP contribution is -2.32. The molecule has 3 rings (SSSR count). The first-order valence-corrected chi connectivity index (χ1v) is 9.84. The van der Waals surface area contributed by atoms with Crippen molar-refractivity contribution in [2.45, 2.75) is 12.7 Å². The molecule has 0 atom stereocenters. The normalized spacial score (nSPS) is 11.0. The van der Waals surface area contributed by atoms with Crippen molar-refractivity contribution in [1.82, 2.24) is 20.2 Å². The van der Waals surface area contributed by atoms with Crippen LogP contribution in [0.5, 0.6) is 11.5 Å². The van der Waals surface area contributed by atoms with Gasteiger partial charge in [0, 0.05) is 39.1 Å². The number of aromatic nitrogens is 2. The molecule has 0 spiro atoms. The molecule has 0 saturated carbocycles. The zero-order valence-corrected chi connectivity index (χ0v) is 18.1. The summed E-state index contributed by atoms with van der Waals surface area (Å²) in [4.78, 5) is 39.8. The number of aryl methyl sites for hydroxylation is 1. The van der Waals surface area contributed by atoms with E-state index in [0.717, 1.165) is 11.6 Å². The molecule has 2 heterocycles. The van der Waals surface area contributed by atoms with Crippen LogP contribution in [0.2, 0.25) is 0 Å². The molecule has 0 aliphatic rings. The van der Waals surface area contributed by atoms with Gasteiger partial charge in [0.1, 0.15) is 22.9 Å². The van der Waals surface area contributed by atoms with Crippen LogP contribution in [0.4, 0.5) is 23.7 Å². The number of nitrogens with zero attached hydrogens (tertiary/aromatic N) is 2. The Bertz CT molecular complexity index is 1260. The Morgan fingerprint density at radius 3 is 2.44 bits per heavy atom. The molecule has 0 bridgehead atoms. The number of carbonyl (C=O) groups excluding carboxylic acids is 2. The van der Waals surface area contributed by atoms with E-state index in [1.54, 1.807) is 30.3 Å². The largest absolute Gasteiger partial charge is 0.457 e. The Hall–Kier alpha value is -4.35. The number of amides is 3. The molecule has 1 aromatic carbocycles. The summed E-state index contributed by atoms with van der Waals surface area (Å²) < 4.78 is 45.3. The van der Waals surface area contributed by atoms with E-state index in [0.29, 0.717) is 29.3 Å². The predicted molar refractivity (Wildman–Crippen MR) is 117 cm³/mol. The number of rotatable bonds is 6. The lowest BCUT2D eigenvalue weighted by Gasteiger charge is -2.12. The maximum absolute atomic E-state index is 13.0. The summed E-state index contributed by atoms with van der Waals surface area (Å²) in [7, 11) is 2.65. The highest BCUT2D eigenvalue weighted by molar-refractivity contribution is 5.92.